The van der Waals surface area contributed by atoms with E-state index in [1.807, 2.05) is 0 Å². The van der Waals surface area contributed by atoms with Crippen molar-refractivity contribution in [2.45, 2.75) is 5.75 Å². The number of esters is 1. The predicted molar refractivity (Wildman–Crippen MR) is 49.4 cm³/mol. The molecule has 78 valence electrons. The number of thiophene rings is 1. The van der Waals surface area contributed by atoms with Crippen LogP contribution < -0.4 is 0 Å². The van der Waals surface area contributed by atoms with Crippen LogP contribution in [0.1, 0.15) is 14.5 Å². The molecule has 0 fully saturated rings. The van der Waals surface area contributed by atoms with E-state index in [1.165, 1.54) is 19.2 Å². The minimum Gasteiger partial charge on any atom is -0.465 e. The first-order chi connectivity index (χ1) is 6.42. The number of hydrogen-bond donors (Lipinski definition) is 0. The van der Waals surface area contributed by atoms with Crippen LogP contribution in [-0.4, -0.2) is 21.5 Å². The predicted octanol–water partition coefficient (Wildman–Crippen LogP) is 1.33. The van der Waals surface area contributed by atoms with E-state index in [9.17, 15) is 17.1 Å². The van der Waals surface area contributed by atoms with Crippen molar-refractivity contribution in [1.82, 2.24) is 0 Å². The average Bonchev–Trinajstić information content (AvgIpc) is 2.48. The number of ether oxygens (including phenoxy) is 1. The van der Waals surface area contributed by atoms with Gasteiger partial charge in [0.05, 0.1) is 7.11 Å². The lowest BCUT2D eigenvalue weighted by Gasteiger charge is -1.92. The topological polar surface area (TPSA) is 60.4 Å². The van der Waals surface area contributed by atoms with Crippen LogP contribution in [0.5, 0.6) is 0 Å². The molecule has 0 aromatic carbocycles. The molecule has 1 heterocycles. The molecule has 0 radical (unpaired) electrons. The first-order valence-electron chi connectivity index (χ1n) is 3.52. The number of carbonyl (C=O) groups excluding carboxylic acids is 1. The quantitative estimate of drug-likeness (QED) is 0.589. The van der Waals surface area contributed by atoms with Crippen molar-refractivity contribution in [1.29, 1.82) is 0 Å². The number of carbonyl (C=O) groups is 1. The van der Waals surface area contributed by atoms with Crippen molar-refractivity contribution in [3.63, 3.8) is 0 Å². The zero-order valence-corrected chi connectivity index (χ0v) is 8.82. The van der Waals surface area contributed by atoms with Crippen LogP contribution in [0.3, 0.4) is 0 Å². The van der Waals surface area contributed by atoms with Gasteiger partial charge in [0, 0.05) is 4.88 Å². The van der Waals surface area contributed by atoms with E-state index in [1.54, 1.807) is 0 Å². The van der Waals surface area contributed by atoms with Gasteiger partial charge >= 0.3 is 16.2 Å². The van der Waals surface area contributed by atoms with Gasteiger partial charge in [-0.25, -0.2) is 4.79 Å². The summed E-state index contributed by atoms with van der Waals surface area (Å²) in [5.41, 5.74) is 0. The normalized spacial score (nSPS) is 11.3. The molecule has 0 saturated carbocycles. The van der Waals surface area contributed by atoms with E-state index >= 15 is 0 Å². The molecule has 0 unspecified atom stereocenters. The van der Waals surface area contributed by atoms with Crippen molar-refractivity contribution in [2.75, 3.05) is 7.11 Å². The largest absolute Gasteiger partial charge is 0.465 e. The van der Waals surface area contributed by atoms with E-state index < -0.39 is 21.9 Å². The molecule has 1 rings (SSSR count). The molecule has 14 heavy (non-hydrogen) atoms. The van der Waals surface area contributed by atoms with Gasteiger partial charge in [-0.1, -0.05) is 0 Å². The minimum absolute atomic E-state index is 0.256. The van der Waals surface area contributed by atoms with E-state index in [0.29, 0.717) is 0 Å². The Morgan fingerprint density at radius 3 is 2.71 bits per heavy atom. The zero-order chi connectivity index (χ0) is 10.8. The lowest BCUT2D eigenvalue weighted by atomic mass is 10.4. The summed E-state index contributed by atoms with van der Waals surface area (Å²) in [6.07, 6.45) is 0. The van der Waals surface area contributed by atoms with E-state index in [2.05, 4.69) is 4.74 Å². The summed E-state index contributed by atoms with van der Waals surface area (Å²) < 4.78 is 37.2. The Morgan fingerprint density at radius 2 is 2.21 bits per heavy atom. The first kappa shape index (κ1) is 11.1. The number of hydrogen-bond acceptors (Lipinski definition) is 5. The Morgan fingerprint density at radius 1 is 1.57 bits per heavy atom. The summed E-state index contributed by atoms with van der Waals surface area (Å²) in [6, 6.07) is 2.78. The van der Waals surface area contributed by atoms with Crippen molar-refractivity contribution in [3.05, 3.63) is 21.9 Å². The molecule has 0 amide bonds. The van der Waals surface area contributed by atoms with Crippen LogP contribution in [0.15, 0.2) is 12.1 Å². The van der Waals surface area contributed by atoms with Crippen molar-refractivity contribution < 1.29 is 21.8 Å². The third kappa shape index (κ3) is 3.08. The van der Waals surface area contributed by atoms with Crippen LogP contribution in [0, 0.1) is 0 Å². The summed E-state index contributed by atoms with van der Waals surface area (Å²) in [4.78, 5) is 11.5. The molecule has 7 heteroatoms. The third-order valence-corrected chi connectivity index (χ3v) is 3.27. The molecule has 0 atom stereocenters. The van der Waals surface area contributed by atoms with E-state index in [4.69, 9.17) is 0 Å². The first-order valence-corrected chi connectivity index (χ1v) is 5.88. The smallest absolute Gasteiger partial charge is 0.348 e. The Labute approximate surface area is 84.5 Å². The van der Waals surface area contributed by atoms with Crippen molar-refractivity contribution in [2.24, 2.45) is 0 Å². The van der Waals surface area contributed by atoms with Gasteiger partial charge in [0.25, 0.3) is 0 Å². The highest BCUT2D eigenvalue weighted by atomic mass is 32.3. The van der Waals surface area contributed by atoms with Gasteiger partial charge in [-0.15, -0.1) is 15.2 Å². The summed E-state index contributed by atoms with van der Waals surface area (Å²) in [7, 11) is -3.32. The van der Waals surface area contributed by atoms with Gasteiger partial charge in [0.15, 0.2) is 0 Å². The SMILES string of the molecule is COC(=O)c1ccc(CS(=O)(=O)F)s1. The molecule has 4 nitrogen and oxygen atoms in total. The molecule has 0 N–H and O–H groups in total. The maximum atomic E-state index is 12.2. The van der Waals surface area contributed by atoms with Crippen LogP contribution in [0.4, 0.5) is 3.89 Å². The minimum atomic E-state index is -4.54. The third-order valence-electron chi connectivity index (χ3n) is 1.36. The fourth-order valence-corrected chi connectivity index (χ4v) is 2.65. The Hall–Kier alpha value is -0.950. The van der Waals surface area contributed by atoms with E-state index in [-0.39, 0.29) is 9.75 Å². The Balaban J connectivity index is 2.84. The number of rotatable bonds is 3. The molecular formula is C7H7FO4S2. The van der Waals surface area contributed by atoms with Crippen molar-refractivity contribution in [3.8, 4) is 0 Å². The highest BCUT2D eigenvalue weighted by Gasteiger charge is 2.14. The van der Waals surface area contributed by atoms with Gasteiger partial charge in [-0.05, 0) is 12.1 Å². The fourth-order valence-electron chi connectivity index (χ4n) is 0.836. The molecule has 0 aliphatic rings. The number of halogens is 1. The highest BCUT2D eigenvalue weighted by Crippen LogP contribution is 2.20. The second-order valence-corrected chi connectivity index (χ2v) is 4.98. The van der Waals surface area contributed by atoms with Crippen LogP contribution in [0.25, 0.3) is 0 Å². The summed E-state index contributed by atoms with van der Waals surface area (Å²) in [6.45, 7) is 0. The highest BCUT2D eigenvalue weighted by molar-refractivity contribution is 7.85. The fraction of sp³-hybridized carbons (Fsp3) is 0.286. The maximum absolute atomic E-state index is 12.2. The second kappa shape index (κ2) is 4.05. The molecule has 1 aromatic rings. The maximum Gasteiger partial charge on any atom is 0.348 e. The molecule has 0 aliphatic heterocycles. The molecule has 0 saturated heterocycles. The van der Waals surface area contributed by atoms with Crippen LogP contribution >= 0.6 is 11.3 Å². The Kier molecular flexibility index (Phi) is 3.22. The summed E-state index contributed by atoms with van der Waals surface area (Å²) >= 11 is 0.899. The molecule has 1 aromatic heterocycles. The van der Waals surface area contributed by atoms with Gasteiger partial charge < -0.3 is 4.74 Å². The zero-order valence-electron chi connectivity index (χ0n) is 7.19. The summed E-state index contributed by atoms with van der Waals surface area (Å²) in [5.74, 6) is -1.26. The van der Waals surface area contributed by atoms with Crippen LogP contribution in [-0.2, 0) is 20.7 Å². The number of methoxy groups -OCH3 is 1. The van der Waals surface area contributed by atoms with Gasteiger partial charge in [-0.2, -0.15) is 8.42 Å². The second-order valence-electron chi connectivity index (χ2n) is 2.44. The average molecular weight is 238 g/mol. The standard InChI is InChI=1S/C7H7FO4S2/c1-12-7(9)6-3-2-5(13-6)4-14(8,10)11/h2-3H,4H2,1H3. The van der Waals surface area contributed by atoms with Gasteiger partial charge in [0.1, 0.15) is 10.6 Å². The van der Waals surface area contributed by atoms with Crippen LogP contribution in [0.2, 0.25) is 0 Å². The Bertz CT molecular complexity index is 434. The molecule has 0 bridgehead atoms. The van der Waals surface area contributed by atoms with Gasteiger partial charge in [-0.3, -0.25) is 0 Å². The molecule has 0 aliphatic carbocycles. The summed E-state index contributed by atoms with van der Waals surface area (Å²) in [5, 5.41) is 0. The lowest BCUT2D eigenvalue weighted by molar-refractivity contribution is 0.0606. The molecular weight excluding hydrogens is 231 g/mol. The lowest BCUT2D eigenvalue weighted by Crippen LogP contribution is -1.97. The monoisotopic (exact) mass is 238 g/mol. The van der Waals surface area contributed by atoms with Gasteiger partial charge in [0.2, 0.25) is 0 Å². The van der Waals surface area contributed by atoms with E-state index in [0.717, 1.165) is 11.3 Å². The molecule has 0 spiro atoms. The van der Waals surface area contributed by atoms with Crippen molar-refractivity contribution >= 4 is 27.5 Å².